The Labute approximate surface area is 176 Å². The first-order valence-corrected chi connectivity index (χ1v) is 10.4. The third-order valence-corrected chi connectivity index (χ3v) is 5.90. The van der Waals surface area contributed by atoms with E-state index in [9.17, 15) is 5.11 Å². The topological polar surface area (TPSA) is 62.4 Å². The summed E-state index contributed by atoms with van der Waals surface area (Å²) in [7, 11) is 0. The van der Waals surface area contributed by atoms with Gasteiger partial charge in [0, 0.05) is 20.0 Å². The van der Waals surface area contributed by atoms with Crippen molar-refractivity contribution in [3.05, 3.63) is 95.2 Å². The quantitative estimate of drug-likeness (QED) is 0.544. The molecule has 5 heteroatoms. The van der Waals surface area contributed by atoms with Crippen LogP contribution in [0.3, 0.4) is 0 Å². The summed E-state index contributed by atoms with van der Waals surface area (Å²) < 4.78 is 5.77. The molecule has 1 aromatic heterocycles. The van der Waals surface area contributed by atoms with E-state index in [1.807, 2.05) is 19.1 Å². The van der Waals surface area contributed by atoms with Crippen molar-refractivity contribution in [2.24, 2.45) is 0 Å². The van der Waals surface area contributed by atoms with E-state index in [-0.39, 0.29) is 6.04 Å². The predicted molar refractivity (Wildman–Crippen MR) is 116 cm³/mol. The number of rotatable bonds is 5. The van der Waals surface area contributed by atoms with E-state index in [1.54, 1.807) is 0 Å². The van der Waals surface area contributed by atoms with Crippen LogP contribution < -0.4 is 0 Å². The van der Waals surface area contributed by atoms with Crippen LogP contribution in [0.2, 0.25) is 0 Å². The van der Waals surface area contributed by atoms with Crippen LogP contribution in [0.4, 0.5) is 0 Å². The predicted octanol–water partition coefficient (Wildman–Crippen LogP) is 4.23. The molecule has 0 radical (unpaired) electrons. The Morgan fingerprint density at radius 3 is 2.57 bits per heavy atom. The Morgan fingerprint density at radius 1 is 1.00 bits per heavy atom. The lowest BCUT2D eigenvalue weighted by Gasteiger charge is -2.36. The van der Waals surface area contributed by atoms with Crippen molar-refractivity contribution in [3.8, 4) is 0 Å². The highest BCUT2D eigenvalue weighted by molar-refractivity contribution is 5.83. The minimum absolute atomic E-state index is 0.0210. The normalized spacial score (nSPS) is 17.7. The number of hydrogen-bond donors (Lipinski definition) is 1. The monoisotopic (exact) mass is 399 g/mol. The third-order valence-electron chi connectivity index (χ3n) is 5.90. The molecule has 0 amide bonds. The summed E-state index contributed by atoms with van der Waals surface area (Å²) in [6.45, 7) is 3.12. The van der Waals surface area contributed by atoms with Crippen LogP contribution in [0.5, 0.6) is 0 Å². The molecule has 0 aliphatic carbocycles. The zero-order valence-electron chi connectivity index (χ0n) is 17.0. The number of benzene rings is 3. The lowest BCUT2D eigenvalue weighted by molar-refractivity contribution is 0.0653. The fourth-order valence-electron chi connectivity index (χ4n) is 4.43. The first-order chi connectivity index (χ1) is 14.7. The number of aliphatic hydroxyl groups excluding tert-OH is 1. The minimum atomic E-state index is -0.483. The van der Waals surface area contributed by atoms with Gasteiger partial charge in [0.25, 0.3) is 0 Å². The first kappa shape index (κ1) is 19.0. The van der Waals surface area contributed by atoms with Crippen molar-refractivity contribution in [1.82, 2.24) is 15.1 Å². The summed E-state index contributed by atoms with van der Waals surface area (Å²) in [5.74, 6) is 1.19. The molecule has 1 N–H and O–H groups in total. The highest BCUT2D eigenvalue weighted by Crippen LogP contribution is 2.33. The summed E-state index contributed by atoms with van der Waals surface area (Å²) in [6, 6.07) is 23.2. The maximum absolute atomic E-state index is 10.9. The van der Waals surface area contributed by atoms with E-state index in [2.05, 4.69) is 69.7 Å². The van der Waals surface area contributed by atoms with Gasteiger partial charge in [0.1, 0.15) is 0 Å². The molecule has 30 heavy (non-hydrogen) atoms. The number of aliphatic hydroxyl groups is 1. The van der Waals surface area contributed by atoms with Crippen molar-refractivity contribution in [1.29, 1.82) is 0 Å². The Balaban J connectivity index is 1.36. The zero-order chi connectivity index (χ0) is 20.5. The van der Waals surface area contributed by atoms with Crippen LogP contribution in [0, 0.1) is 6.92 Å². The van der Waals surface area contributed by atoms with E-state index >= 15 is 0 Å². The first-order valence-electron chi connectivity index (χ1n) is 10.4. The van der Waals surface area contributed by atoms with E-state index in [0.29, 0.717) is 24.7 Å². The lowest BCUT2D eigenvalue weighted by Crippen LogP contribution is -2.40. The molecule has 2 heterocycles. The van der Waals surface area contributed by atoms with Crippen LogP contribution in [-0.2, 0) is 19.4 Å². The van der Waals surface area contributed by atoms with E-state index in [4.69, 9.17) is 4.42 Å². The van der Waals surface area contributed by atoms with Crippen LogP contribution in [0.25, 0.3) is 10.8 Å². The van der Waals surface area contributed by atoms with Crippen LogP contribution >= 0.6 is 0 Å². The molecule has 0 spiro atoms. The SMILES string of the molecule is Cc1nnc([C@@H]2Cc3ccccc3CN2C[C@@H](O)Cc2ccc3ccccc3c2)o1. The van der Waals surface area contributed by atoms with Gasteiger partial charge >= 0.3 is 0 Å². The molecule has 0 fully saturated rings. The fourth-order valence-corrected chi connectivity index (χ4v) is 4.43. The van der Waals surface area contributed by atoms with Gasteiger partial charge < -0.3 is 9.52 Å². The van der Waals surface area contributed by atoms with Gasteiger partial charge in [0.05, 0.1) is 12.1 Å². The summed E-state index contributed by atoms with van der Waals surface area (Å²) in [5, 5.41) is 21.7. The zero-order valence-corrected chi connectivity index (χ0v) is 17.0. The van der Waals surface area contributed by atoms with Crippen molar-refractivity contribution < 1.29 is 9.52 Å². The molecule has 0 unspecified atom stereocenters. The van der Waals surface area contributed by atoms with Gasteiger partial charge in [-0.25, -0.2) is 0 Å². The van der Waals surface area contributed by atoms with Crippen molar-refractivity contribution in [3.63, 3.8) is 0 Å². The van der Waals surface area contributed by atoms with Crippen molar-refractivity contribution in [2.75, 3.05) is 6.54 Å². The standard InChI is InChI=1S/C25H25N3O2/c1-17-26-27-25(30-17)24-14-21-8-4-5-9-22(21)15-28(24)16-23(29)13-18-10-11-19-6-2-3-7-20(19)12-18/h2-12,23-24,29H,13-16H2,1H3/t23-,24-/m0/s1. The molecular formula is C25H25N3O2. The number of β-amino-alcohol motifs (C(OH)–C–C–N with tert-alkyl or cyclic N) is 1. The Kier molecular flexibility index (Phi) is 5.07. The van der Waals surface area contributed by atoms with Crippen molar-refractivity contribution >= 4 is 10.8 Å². The summed E-state index contributed by atoms with van der Waals surface area (Å²) in [5.41, 5.74) is 3.74. The van der Waals surface area contributed by atoms with Crippen molar-refractivity contribution in [2.45, 2.75) is 38.5 Å². The largest absolute Gasteiger partial charge is 0.424 e. The van der Waals surface area contributed by atoms with Gasteiger partial charge in [-0.2, -0.15) is 0 Å². The molecule has 152 valence electrons. The van der Waals surface area contributed by atoms with Crippen LogP contribution in [0.1, 0.15) is 34.5 Å². The second-order valence-electron chi connectivity index (χ2n) is 8.12. The maximum Gasteiger partial charge on any atom is 0.233 e. The second kappa shape index (κ2) is 8.01. The molecule has 5 nitrogen and oxygen atoms in total. The fraction of sp³-hybridized carbons (Fsp3) is 0.280. The highest BCUT2D eigenvalue weighted by Gasteiger charge is 2.32. The summed E-state index contributed by atoms with van der Waals surface area (Å²) in [4.78, 5) is 2.26. The number of aryl methyl sites for hydroxylation is 1. The highest BCUT2D eigenvalue weighted by atomic mass is 16.4. The van der Waals surface area contributed by atoms with E-state index in [0.717, 1.165) is 18.5 Å². The van der Waals surface area contributed by atoms with Crippen LogP contribution in [-0.4, -0.2) is 32.9 Å². The van der Waals surface area contributed by atoms with Gasteiger partial charge in [0.2, 0.25) is 11.8 Å². The Bertz CT molecular complexity index is 1170. The molecule has 1 aliphatic heterocycles. The molecule has 4 aromatic rings. The molecule has 3 aromatic carbocycles. The molecule has 2 atom stereocenters. The number of fused-ring (bicyclic) bond motifs is 2. The minimum Gasteiger partial charge on any atom is -0.424 e. The Hall–Kier alpha value is -3.02. The molecule has 0 bridgehead atoms. The summed E-state index contributed by atoms with van der Waals surface area (Å²) in [6.07, 6.45) is 0.932. The summed E-state index contributed by atoms with van der Waals surface area (Å²) >= 11 is 0. The molecule has 5 rings (SSSR count). The van der Waals surface area contributed by atoms with Gasteiger partial charge in [-0.1, -0.05) is 66.7 Å². The lowest BCUT2D eigenvalue weighted by atomic mass is 9.93. The molecular weight excluding hydrogens is 374 g/mol. The number of hydrogen-bond acceptors (Lipinski definition) is 5. The average Bonchev–Trinajstić information content (AvgIpc) is 3.19. The van der Waals surface area contributed by atoms with E-state index < -0.39 is 6.10 Å². The molecule has 0 saturated heterocycles. The van der Waals surface area contributed by atoms with E-state index in [1.165, 1.54) is 21.9 Å². The maximum atomic E-state index is 10.9. The molecule has 0 saturated carbocycles. The van der Waals surface area contributed by atoms with Gasteiger partial charge in [0.15, 0.2) is 0 Å². The smallest absolute Gasteiger partial charge is 0.233 e. The number of nitrogens with zero attached hydrogens (tertiary/aromatic N) is 3. The Morgan fingerprint density at radius 2 is 1.77 bits per heavy atom. The molecule has 1 aliphatic rings. The van der Waals surface area contributed by atoms with Gasteiger partial charge in [-0.05, 0) is 40.3 Å². The van der Waals surface area contributed by atoms with Crippen LogP contribution in [0.15, 0.2) is 71.1 Å². The third kappa shape index (κ3) is 3.86. The average molecular weight is 399 g/mol. The van der Waals surface area contributed by atoms with Gasteiger partial charge in [-0.15, -0.1) is 10.2 Å². The number of aromatic nitrogens is 2. The van der Waals surface area contributed by atoms with Gasteiger partial charge in [-0.3, -0.25) is 4.90 Å². The second-order valence-corrected chi connectivity index (χ2v) is 8.12.